The Morgan fingerprint density at radius 1 is 0.742 bits per heavy atom. The third kappa shape index (κ3) is 4.92. The van der Waals surface area contributed by atoms with Crippen molar-refractivity contribution in [3.63, 3.8) is 0 Å². The fraction of sp³-hybridized carbons (Fsp3) is 0.259. The standard InChI is InChI=1S/C27H30N2O2/c1-30-26-15-12-21(20-27(26)31-2)16-18-28-17-7-19-29-24-10-5-3-8-22(24)13-14-23-9-4-6-11-25(23)29/h3-6,8-15,20,28H,7,16-19H2,1-2H3. The van der Waals surface area contributed by atoms with Gasteiger partial charge in [-0.2, -0.15) is 0 Å². The van der Waals surface area contributed by atoms with Crippen LogP contribution in [0.1, 0.15) is 23.1 Å². The van der Waals surface area contributed by atoms with Gasteiger partial charge in [-0.1, -0.05) is 54.6 Å². The number of ether oxygens (including phenoxy) is 2. The van der Waals surface area contributed by atoms with Crippen molar-refractivity contribution in [2.75, 3.05) is 38.8 Å². The van der Waals surface area contributed by atoms with Gasteiger partial charge in [-0.15, -0.1) is 0 Å². The Morgan fingerprint density at radius 2 is 1.39 bits per heavy atom. The van der Waals surface area contributed by atoms with Gasteiger partial charge in [0.2, 0.25) is 0 Å². The zero-order valence-electron chi connectivity index (χ0n) is 18.3. The van der Waals surface area contributed by atoms with Gasteiger partial charge in [-0.3, -0.25) is 0 Å². The number of hydrogen-bond donors (Lipinski definition) is 1. The van der Waals surface area contributed by atoms with Crippen molar-refractivity contribution >= 4 is 23.5 Å². The Labute approximate surface area is 185 Å². The number of rotatable bonds is 9. The summed E-state index contributed by atoms with van der Waals surface area (Å²) in [5.41, 5.74) is 6.31. The molecule has 1 aliphatic heterocycles. The first kappa shape index (κ1) is 21.0. The molecule has 1 heterocycles. The zero-order valence-corrected chi connectivity index (χ0v) is 18.3. The molecule has 4 heteroatoms. The molecular weight excluding hydrogens is 384 g/mol. The second-order valence-electron chi connectivity index (χ2n) is 7.65. The van der Waals surface area contributed by atoms with E-state index in [-0.39, 0.29) is 0 Å². The molecule has 160 valence electrons. The molecule has 1 aliphatic rings. The summed E-state index contributed by atoms with van der Waals surface area (Å²) in [5, 5.41) is 3.59. The van der Waals surface area contributed by atoms with E-state index in [9.17, 15) is 0 Å². The Kier molecular flexibility index (Phi) is 6.90. The molecule has 31 heavy (non-hydrogen) atoms. The van der Waals surface area contributed by atoms with Crippen LogP contribution >= 0.6 is 0 Å². The van der Waals surface area contributed by atoms with Crippen molar-refractivity contribution < 1.29 is 9.47 Å². The van der Waals surface area contributed by atoms with Crippen LogP contribution in [0.25, 0.3) is 12.2 Å². The lowest BCUT2D eigenvalue weighted by molar-refractivity contribution is 0.354. The maximum Gasteiger partial charge on any atom is 0.160 e. The van der Waals surface area contributed by atoms with E-state index in [2.05, 4.69) is 83.0 Å². The van der Waals surface area contributed by atoms with Gasteiger partial charge in [0.05, 0.1) is 14.2 Å². The van der Waals surface area contributed by atoms with Crippen LogP contribution in [0.3, 0.4) is 0 Å². The first-order valence-electron chi connectivity index (χ1n) is 10.9. The molecule has 0 amide bonds. The lowest BCUT2D eigenvalue weighted by Gasteiger charge is -2.27. The average Bonchev–Trinajstić information content (AvgIpc) is 2.98. The summed E-state index contributed by atoms with van der Waals surface area (Å²) in [5.74, 6) is 1.55. The van der Waals surface area contributed by atoms with Crippen molar-refractivity contribution in [1.82, 2.24) is 5.32 Å². The predicted molar refractivity (Wildman–Crippen MR) is 130 cm³/mol. The topological polar surface area (TPSA) is 33.7 Å². The summed E-state index contributed by atoms with van der Waals surface area (Å²) < 4.78 is 10.7. The zero-order chi connectivity index (χ0) is 21.5. The molecule has 0 radical (unpaired) electrons. The van der Waals surface area contributed by atoms with E-state index in [1.54, 1.807) is 14.2 Å². The van der Waals surface area contributed by atoms with Gasteiger partial charge in [0.15, 0.2) is 11.5 Å². The quantitative estimate of drug-likeness (QED) is 0.466. The molecule has 3 aromatic carbocycles. The Balaban J connectivity index is 1.33. The van der Waals surface area contributed by atoms with Crippen molar-refractivity contribution in [3.8, 4) is 11.5 Å². The number of nitrogens with one attached hydrogen (secondary N) is 1. The Hall–Kier alpha value is -3.24. The second kappa shape index (κ2) is 10.2. The van der Waals surface area contributed by atoms with Crippen molar-refractivity contribution in [3.05, 3.63) is 83.4 Å². The van der Waals surface area contributed by atoms with Gasteiger partial charge < -0.3 is 19.7 Å². The molecule has 4 nitrogen and oxygen atoms in total. The normalized spacial score (nSPS) is 12.1. The van der Waals surface area contributed by atoms with Gasteiger partial charge in [-0.25, -0.2) is 0 Å². The molecule has 0 fully saturated rings. The summed E-state index contributed by atoms with van der Waals surface area (Å²) in [6.45, 7) is 2.88. The van der Waals surface area contributed by atoms with Gasteiger partial charge in [0.25, 0.3) is 0 Å². The summed E-state index contributed by atoms with van der Waals surface area (Å²) >= 11 is 0. The van der Waals surface area contributed by atoms with Crippen LogP contribution in [0.5, 0.6) is 11.5 Å². The molecule has 0 saturated heterocycles. The first-order valence-corrected chi connectivity index (χ1v) is 10.9. The number of nitrogens with zero attached hydrogens (tertiary/aromatic N) is 1. The van der Waals surface area contributed by atoms with Gasteiger partial charge in [0.1, 0.15) is 0 Å². The average molecular weight is 415 g/mol. The third-order valence-electron chi connectivity index (χ3n) is 5.67. The van der Waals surface area contributed by atoms with Crippen LogP contribution in [0.4, 0.5) is 11.4 Å². The van der Waals surface area contributed by atoms with E-state index in [0.29, 0.717) is 0 Å². The van der Waals surface area contributed by atoms with E-state index in [4.69, 9.17) is 9.47 Å². The molecule has 0 aliphatic carbocycles. The van der Waals surface area contributed by atoms with Gasteiger partial charge >= 0.3 is 0 Å². The van der Waals surface area contributed by atoms with Crippen molar-refractivity contribution in [2.24, 2.45) is 0 Å². The fourth-order valence-electron chi connectivity index (χ4n) is 4.05. The van der Waals surface area contributed by atoms with Gasteiger partial charge in [0, 0.05) is 17.9 Å². The van der Waals surface area contributed by atoms with E-state index in [0.717, 1.165) is 44.0 Å². The summed E-state index contributed by atoms with van der Waals surface area (Å²) in [7, 11) is 3.34. The molecule has 0 unspecified atom stereocenters. The molecule has 0 atom stereocenters. The van der Waals surface area contributed by atoms with E-state index >= 15 is 0 Å². The molecular formula is C27H30N2O2. The van der Waals surface area contributed by atoms with E-state index in [1.807, 2.05) is 6.07 Å². The minimum absolute atomic E-state index is 0.770. The fourth-order valence-corrected chi connectivity index (χ4v) is 4.05. The van der Waals surface area contributed by atoms with E-state index in [1.165, 1.54) is 28.1 Å². The highest BCUT2D eigenvalue weighted by Gasteiger charge is 2.16. The number of hydrogen-bond acceptors (Lipinski definition) is 4. The minimum Gasteiger partial charge on any atom is -0.493 e. The molecule has 1 N–H and O–H groups in total. The molecule has 4 rings (SSSR count). The SMILES string of the molecule is COc1ccc(CCNCCCN2c3ccccc3C=Cc3ccccc32)cc1OC. The summed E-state index contributed by atoms with van der Waals surface area (Å²) in [6, 6.07) is 23.4. The van der Waals surface area contributed by atoms with Crippen molar-refractivity contribution in [1.29, 1.82) is 0 Å². The predicted octanol–water partition coefficient (Wildman–Crippen LogP) is 5.55. The largest absolute Gasteiger partial charge is 0.493 e. The van der Waals surface area contributed by atoms with Crippen LogP contribution in [0.15, 0.2) is 66.7 Å². The van der Waals surface area contributed by atoms with Crippen LogP contribution in [0.2, 0.25) is 0 Å². The Morgan fingerprint density at radius 3 is 2.03 bits per heavy atom. The lowest BCUT2D eigenvalue weighted by atomic mass is 10.1. The number of benzene rings is 3. The van der Waals surface area contributed by atoms with Crippen LogP contribution in [-0.2, 0) is 6.42 Å². The first-order chi connectivity index (χ1) is 15.3. The minimum atomic E-state index is 0.770. The number of anilines is 2. The molecule has 3 aromatic rings. The van der Waals surface area contributed by atoms with Crippen LogP contribution in [-0.4, -0.2) is 33.9 Å². The molecule has 0 bridgehead atoms. The van der Waals surface area contributed by atoms with Crippen LogP contribution in [0, 0.1) is 0 Å². The van der Waals surface area contributed by atoms with Crippen LogP contribution < -0.4 is 19.7 Å². The smallest absolute Gasteiger partial charge is 0.160 e. The highest BCUT2D eigenvalue weighted by Crippen LogP contribution is 2.36. The highest BCUT2D eigenvalue weighted by atomic mass is 16.5. The summed E-state index contributed by atoms with van der Waals surface area (Å²) in [6.07, 6.45) is 6.46. The van der Waals surface area contributed by atoms with Crippen molar-refractivity contribution in [2.45, 2.75) is 12.8 Å². The van der Waals surface area contributed by atoms with E-state index < -0.39 is 0 Å². The lowest BCUT2D eigenvalue weighted by Crippen LogP contribution is -2.25. The molecule has 0 saturated carbocycles. The molecule has 0 spiro atoms. The third-order valence-corrected chi connectivity index (χ3v) is 5.67. The second-order valence-corrected chi connectivity index (χ2v) is 7.65. The number of fused-ring (bicyclic) bond motifs is 2. The molecule has 0 aromatic heterocycles. The maximum atomic E-state index is 5.40. The summed E-state index contributed by atoms with van der Waals surface area (Å²) in [4.78, 5) is 2.45. The number of methoxy groups -OCH3 is 2. The van der Waals surface area contributed by atoms with Gasteiger partial charge in [-0.05, 0) is 66.9 Å². The Bertz CT molecular complexity index is 995. The highest BCUT2D eigenvalue weighted by molar-refractivity contribution is 5.88. The monoisotopic (exact) mass is 414 g/mol. The maximum absolute atomic E-state index is 5.40. The number of para-hydroxylation sites is 2.